The Balaban J connectivity index is 1.89. The first-order valence-corrected chi connectivity index (χ1v) is 7.71. The second kappa shape index (κ2) is 8.33. The molecule has 1 aromatic carbocycles. The number of morpholine rings is 1. The van der Waals surface area contributed by atoms with E-state index in [1.807, 2.05) is 19.1 Å². The van der Waals surface area contributed by atoms with Crippen molar-refractivity contribution in [3.05, 3.63) is 35.9 Å². The summed E-state index contributed by atoms with van der Waals surface area (Å²) in [5.41, 5.74) is 1.57. The second-order valence-electron chi connectivity index (χ2n) is 5.26. The van der Waals surface area contributed by atoms with E-state index in [4.69, 9.17) is 9.47 Å². The Bertz CT molecular complexity index is 568. The summed E-state index contributed by atoms with van der Waals surface area (Å²) in [4.78, 5) is 25.2. The molecule has 1 aliphatic rings. The number of ether oxygens (including phenoxy) is 2. The highest BCUT2D eigenvalue weighted by atomic mass is 16.5. The number of amides is 2. The summed E-state index contributed by atoms with van der Waals surface area (Å²) >= 11 is 0. The van der Waals surface area contributed by atoms with Crippen LogP contribution in [0.25, 0.3) is 6.08 Å². The standard InChI is InChI=1S/C17H22N2O4/c1-3-22-16(20)9-6-14-4-7-15(8-5-14)18-17(21)19-10-11-23-13(2)12-19/h4-9,13H,3,10-12H2,1-2H3,(H,18,21)/b9-6-/t13-/m1/s1. The zero-order chi connectivity index (χ0) is 16.7. The van der Waals surface area contributed by atoms with Crippen molar-refractivity contribution in [1.82, 2.24) is 4.90 Å². The van der Waals surface area contributed by atoms with Gasteiger partial charge in [-0.3, -0.25) is 0 Å². The predicted molar refractivity (Wildman–Crippen MR) is 88.1 cm³/mol. The van der Waals surface area contributed by atoms with E-state index < -0.39 is 0 Å². The van der Waals surface area contributed by atoms with Crippen LogP contribution in [0.1, 0.15) is 19.4 Å². The summed E-state index contributed by atoms with van der Waals surface area (Å²) in [6.07, 6.45) is 3.12. The van der Waals surface area contributed by atoms with Crippen molar-refractivity contribution in [2.75, 3.05) is 31.6 Å². The SMILES string of the molecule is CCOC(=O)/C=C\c1ccc(NC(=O)N2CCO[C@H](C)C2)cc1. The van der Waals surface area contributed by atoms with E-state index in [9.17, 15) is 9.59 Å². The average molecular weight is 318 g/mol. The Morgan fingerprint density at radius 3 is 2.78 bits per heavy atom. The minimum atomic E-state index is -0.369. The van der Waals surface area contributed by atoms with Crippen LogP contribution in [0.5, 0.6) is 0 Å². The molecule has 1 fully saturated rings. The quantitative estimate of drug-likeness (QED) is 0.684. The van der Waals surface area contributed by atoms with Gasteiger partial charge < -0.3 is 19.7 Å². The van der Waals surface area contributed by atoms with Gasteiger partial charge in [-0.1, -0.05) is 12.1 Å². The lowest BCUT2D eigenvalue weighted by molar-refractivity contribution is -0.137. The van der Waals surface area contributed by atoms with E-state index in [0.717, 1.165) is 5.56 Å². The molecule has 2 rings (SSSR count). The van der Waals surface area contributed by atoms with Crippen molar-refractivity contribution in [3.63, 3.8) is 0 Å². The van der Waals surface area contributed by atoms with Gasteiger partial charge in [0.05, 0.1) is 19.3 Å². The number of nitrogens with zero attached hydrogens (tertiary/aromatic N) is 1. The number of benzene rings is 1. The number of urea groups is 1. The van der Waals surface area contributed by atoms with Gasteiger partial charge in [-0.15, -0.1) is 0 Å². The van der Waals surface area contributed by atoms with Crippen LogP contribution in [-0.4, -0.2) is 49.3 Å². The van der Waals surface area contributed by atoms with Crippen molar-refractivity contribution in [1.29, 1.82) is 0 Å². The normalized spacial score (nSPS) is 18.0. The molecule has 0 spiro atoms. The van der Waals surface area contributed by atoms with Crippen LogP contribution in [0.15, 0.2) is 30.3 Å². The highest BCUT2D eigenvalue weighted by Gasteiger charge is 2.21. The van der Waals surface area contributed by atoms with Gasteiger partial charge in [0, 0.05) is 24.9 Å². The van der Waals surface area contributed by atoms with Gasteiger partial charge in [0.1, 0.15) is 0 Å². The third kappa shape index (κ3) is 5.41. The monoisotopic (exact) mass is 318 g/mol. The maximum Gasteiger partial charge on any atom is 0.330 e. The summed E-state index contributed by atoms with van der Waals surface area (Å²) in [6.45, 7) is 5.81. The van der Waals surface area contributed by atoms with Gasteiger partial charge in [-0.2, -0.15) is 0 Å². The van der Waals surface area contributed by atoms with E-state index in [1.54, 1.807) is 30.0 Å². The molecule has 0 saturated carbocycles. The molecule has 0 radical (unpaired) electrons. The van der Waals surface area contributed by atoms with Crippen molar-refractivity contribution in [3.8, 4) is 0 Å². The van der Waals surface area contributed by atoms with Gasteiger partial charge in [0.2, 0.25) is 0 Å². The fourth-order valence-electron chi connectivity index (χ4n) is 2.24. The van der Waals surface area contributed by atoms with Crippen molar-refractivity contribution < 1.29 is 19.1 Å². The van der Waals surface area contributed by atoms with Crippen LogP contribution in [0.3, 0.4) is 0 Å². The lowest BCUT2D eigenvalue weighted by Gasteiger charge is -2.31. The van der Waals surface area contributed by atoms with Crippen LogP contribution in [-0.2, 0) is 14.3 Å². The maximum atomic E-state index is 12.2. The molecule has 6 heteroatoms. The van der Waals surface area contributed by atoms with Crippen LogP contribution >= 0.6 is 0 Å². The second-order valence-corrected chi connectivity index (χ2v) is 5.26. The molecule has 124 valence electrons. The van der Waals surface area contributed by atoms with Crippen molar-refractivity contribution >= 4 is 23.8 Å². The Hall–Kier alpha value is -2.34. The maximum absolute atomic E-state index is 12.2. The number of hydrogen-bond donors (Lipinski definition) is 1. The molecular formula is C17H22N2O4. The van der Waals surface area contributed by atoms with Gasteiger partial charge in [-0.25, -0.2) is 9.59 Å². The molecule has 23 heavy (non-hydrogen) atoms. The van der Waals surface area contributed by atoms with Crippen LogP contribution < -0.4 is 5.32 Å². The lowest BCUT2D eigenvalue weighted by Crippen LogP contribution is -2.46. The predicted octanol–water partition coefficient (Wildman–Crippen LogP) is 2.52. The fraction of sp³-hybridized carbons (Fsp3) is 0.412. The Labute approximate surface area is 136 Å². The van der Waals surface area contributed by atoms with Crippen molar-refractivity contribution in [2.45, 2.75) is 20.0 Å². The molecule has 6 nitrogen and oxygen atoms in total. The molecule has 1 heterocycles. The van der Waals surface area contributed by atoms with Gasteiger partial charge >= 0.3 is 12.0 Å². The smallest absolute Gasteiger partial charge is 0.330 e. The number of carbonyl (C=O) groups is 2. The zero-order valence-corrected chi connectivity index (χ0v) is 13.5. The van der Waals surface area contributed by atoms with E-state index >= 15 is 0 Å². The molecule has 2 amide bonds. The molecule has 1 saturated heterocycles. The van der Waals surface area contributed by atoms with E-state index in [-0.39, 0.29) is 18.1 Å². The van der Waals surface area contributed by atoms with Crippen LogP contribution in [0.2, 0.25) is 0 Å². The molecule has 1 N–H and O–H groups in total. The first-order chi connectivity index (χ1) is 11.1. The summed E-state index contributed by atoms with van der Waals surface area (Å²) in [6, 6.07) is 7.12. The summed E-state index contributed by atoms with van der Waals surface area (Å²) in [5, 5.41) is 2.86. The molecule has 0 bridgehead atoms. The van der Waals surface area contributed by atoms with Crippen LogP contribution in [0, 0.1) is 0 Å². The number of nitrogens with one attached hydrogen (secondary N) is 1. The fourth-order valence-corrected chi connectivity index (χ4v) is 2.24. The number of esters is 1. The molecule has 1 aliphatic heterocycles. The van der Waals surface area contributed by atoms with Gasteiger partial charge in [0.25, 0.3) is 0 Å². The summed E-state index contributed by atoms with van der Waals surface area (Å²) < 4.78 is 10.2. The molecule has 0 unspecified atom stereocenters. The first kappa shape index (κ1) is 17.0. The minimum absolute atomic E-state index is 0.0601. The average Bonchev–Trinajstić information content (AvgIpc) is 2.54. The highest BCUT2D eigenvalue weighted by Crippen LogP contribution is 2.13. The number of anilines is 1. The third-order valence-corrected chi connectivity index (χ3v) is 3.39. The Morgan fingerprint density at radius 1 is 1.39 bits per heavy atom. The number of carbonyl (C=O) groups excluding carboxylic acids is 2. The largest absolute Gasteiger partial charge is 0.463 e. The molecular weight excluding hydrogens is 296 g/mol. The third-order valence-electron chi connectivity index (χ3n) is 3.39. The Morgan fingerprint density at radius 2 is 2.13 bits per heavy atom. The van der Waals surface area contributed by atoms with Crippen LogP contribution in [0.4, 0.5) is 10.5 Å². The zero-order valence-electron chi connectivity index (χ0n) is 13.5. The van der Waals surface area contributed by atoms with Gasteiger partial charge in [-0.05, 0) is 37.6 Å². The first-order valence-electron chi connectivity index (χ1n) is 7.71. The van der Waals surface area contributed by atoms with Gasteiger partial charge in [0.15, 0.2) is 0 Å². The van der Waals surface area contributed by atoms with E-state index in [1.165, 1.54) is 6.08 Å². The molecule has 1 atom stereocenters. The summed E-state index contributed by atoms with van der Waals surface area (Å²) in [7, 11) is 0. The highest BCUT2D eigenvalue weighted by molar-refractivity contribution is 5.90. The minimum Gasteiger partial charge on any atom is -0.463 e. The number of rotatable bonds is 4. The lowest BCUT2D eigenvalue weighted by atomic mass is 10.2. The summed E-state index contributed by atoms with van der Waals surface area (Å²) in [5.74, 6) is -0.369. The Kier molecular flexibility index (Phi) is 6.17. The van der Waals surface area contributed by atoms with E-state index in [0.29, 0.717) is 32.0 Å². The molecule has 0 aliphatic carbocycles. The molecule has 1 aromatic rings. The van der Waals surface area contributed by atoms with E-state index in [2.05, 4.69) is 5.32 Å². The topological polar surface area (TPSA) is 67.9 Å². The molecule has 0 aromatic heterocycles. The number of hydrogen-bond acceptors (Lipinski definition) is 4. The van der Waals surface area contributed by atoms with Crippen molar-refractivity contribution in [2.24, 2.45) is 0 Å².